The Morgan fingerprint density at radius 3 is 2.77 bits per heavy atom. The highest BCUT2D eigenvalue weighted by Crippen LogP contribution is 2.40. The molecule has 3 heterocycles. The van der Waals surface area contributed by atoms with Gasteiger partial charge < -0.3 is 20.6 Å². The van der Waals surface area contributed by atoms with E-state index in [0.717, 1.165) is 16.1 Å². The zero-order chi connectivity index (χ0) is 17.3. The van der Waals surface area contributed by atoms with E-state index in [9.17, 15) is 4.79 Å². The van der Waals surface area contributed by atoms with E-state index in [4.69, 9.17) is 38.5 Å². The van der Waals surface area contributed by atoms with Crippen LogP contribution in [0.3, 0.4) is 0 Å². The molecule has 1 atom stereocenters. The fourth-order valence-electron chi connectivity index (χ4n) is 2.20. The van der Waals surface area contributed by atoms with Gasteiger partial charge in [-0.3, -0.25) is 4.79 Å². The van der Waals surface area contributed by atoms with Gasteiger partial charge in [-0.25, -0.2) is 4.98 Å². The molecular formula is C15H15Cl4N3O3S. The summed E-state index contributed by atoms with van der Waals surface area (Å²) in [4.78, 5) is 15.9. The van der Waals surface area contributed by atoms with Gasteiger partial charge in [0.05, 0.1) is 28.2 Å². The van der Waals surface area contributed by atoms with Crippen molar-refractivity contribution in [1.82, 2.24) is 4.98 Å². The van der Waals surface area contributed by atoms with Crippen LogP contribution in [-0.2, 0) is 17.8 Å². The first-order valence-corrected chi connectivity index (χ1v) is 8.55. The molecule has 0 aromatic carbocycles. The molecule has 1 unspecified atom stereocenters. The number of halogens is 4. The first kappa shape index (κ1) is 22.8. The SMILES string of the molecule is Cl.Cl.NC(Cc1sc2c(NCc3ccco3)cc(Cl)nc2c1Cl)C(=O)O. The number of nitrogens with zero attached hydrogens (tertiary/aromatic N) is 1. The average Bonchev–Trinajstić information content (AvgIpc) is 3.15. The largest absolute Gasteiger partial charge is 0.480 e. The summed E-state index contributed by atoms with van der Waals surface area (Å²) in [5, 5.41) is 12.9. The molecule has 6 nitrogen and oxygen atoms in total. The Balaban J connectivity index is 0.00000169. The highest BCUT2D eigenvalue weighted by molar-refractivity contribution is 7.20. The number of carboxylic acids is 1. The molecule has 3 aromatic rings. The van der Waals surface area contributed by atoms with E-state index < -0.39 is 12.0 Å². The predicted octanol–water partition coefficient (Wildman–Crippen LogP) is 4.61. The maximum atomic E-state index is 11.0. The molecule has 0 amide bonds. The average molecular weight is 459 g/mol. The third-order valence-electron chi connectivity index (χ3n) is 3.38. The third-order valence-corrected chi connectivity index (χ3v) is 5.32. The van der Waals surface area contributed by atoms with E-state index in [1.54, 1.807) is 18.4 Å². The van der Waals surface area contributed by atoms with Crippen LogP contribution < -0.4 is 11.1 Å². The number of nitrogens with two attached hydrogens (primary N) is 1. The van der Waals surface area contributed by atoms with Gasteiger partial charge in [-0.2, -0.15) is 0 Å². The number of thiophene rings is 1. The van der Waals surface area contributed by atoms with Crippen LogP contribution in [0.5, 0.6) is 0 Å². The Kier molecular flexibility index (Phi) is 8.46. The van der Waals surface area contributed by atoms with Crippen LogP contribution in [-0.4, -0.2) is 22.1 Å². The lowest BCUT2D eigenvalue weighted by Gasteiger charge is -2.06. The second-order valence-corrected chi connectivity index (χ2v) is 6.96. The molecule has 0 saturated heterocycles. The molecule has 142 valence electrons. The van der Waals surface area contributed by atoms with Crippen molar-refractivity contribution in [3.8, 4) is 0 Å². The van der Waals surface area contributed by atoms with Gasteiger partial charge in [0, 0.05) is 17.4 Å². The Bertz CT molecular complexity index is 886. The van der Waals surface area contributed by atoms with E-state index in [2.05, 4.69) is 10.3 Å². The highest BCUT2D eigenvalue weighted by atomic mass is 35.5. The quantitative estimate of drug-likeness (QED) is 0.466. The summed E-state index contributed by atoms with van der Waals surface area (Å²) in [7, 11) is 0. The molecule has 0 bridgehead atoms. The highest BCUT2D eigenvalue weighted by Gasteiger charge is 2.20. The van der Waals surface area contributed by atoms with Crippen molar-refractivity contribution in [2.75, 3.05) is 5.32 Å². The number of furan rings is 1. The van der Waals surface area contributed by atoms with Crippen molar-refractivity contribution >= 4 is 81.2 Å². The van der Waals surface area contributed by atoms with Crippen molar-refractivity contribution in [1.29, 1.82) is 0 Å². The molecule has 0 fully saturated rings. The number of fused-ring (bicyclic) bond motifs is 1. The minimum Gasteiger partial charge on any atom is -0.480 e. The molecule has 0 aliphatic carbocycles. The topological polar surface area (TPSA) is 101 Å². The van der Waals surface area contributed by atoms with E-state index in [1.165, 1.54) is 11.3 Å². The van der Waals surface area contributed by atoms with Crippen LogP contribution in [0.2, 0.25) is 10.2 Å². The zero-order valence-corrected chi connectivity index (χ0v) is 17.0. The monoisotopic (exact) mass is 457 g/mol. The number of aliphatic carboxylic acids is 1. The molecule has 0 aliphatic rings. The Labute approximate surface area is 175 Å². The van der Waals surface area contributed by atoms with Crippen LogP contribution in [0.4, 0.5) is 5.69 Å². The second-order valence-electron chi connectivity index (χ2n) is 5.09. The Hall–Kier alpha value is -1.22. The van der Waals surface area contributed by atoms with Crippen LogP contribution in [0.15, 0.2) is 28.9 Å². The first-order chi connectivity index (χ1) is 11.5. The minimum absolute atomic E-state index is 0. The molecule has 0 aliphatic heterocycles. The lowest BCUT2D eigenvalue weighted by Crippen LogP contribution is -2.31. The maximum Gasteiger partial charge on any atom is 0.320 e. The van der Waals surface area contributed by atoms with Crippen molar-refractivity contribution < 1.29 is 14.3 Å². The Morgan fingerprint density at radius 1 is 1.42 bits per heavy atom. The second kappa shape index (κ2) is 9.64. The van der Waals surface area contributed by atoms with Crippen LogP contribution in [0, 0.1) is 0 Å². The normalized spacial score (nSPS) is 11.5. The number of carboxylic acid groups (broad SMARTS) is 1. The third kappa shape index (κ3) is 4.94. The number of aromatic nitrogens is 1. The number of hydrogen-bond donors (Lipinski definition) is 3. The summed E-state index contributed by atoms with van der Waals surface area (Å²) >= 11 is 13.8. The first-order valence-electron chi connectivity index (χ1n) is 6.97. The summed E-state index contributed by atoms with van der Waals surface area (Å²) in [5.74, 6) is -0.308. The number of hydrogen-bond acceptors (Lipinski definition) is 6. The molecule has 11 heteroatoms. The number of carbonyl (C=O) groups is 1. The smallest absolute Gasteiger partial charge is 0.320 e. The van der Waals surface area contributed by atoms with E-state index >= 15 is 0 Å². The van der Waals surface area contributed by atoms with Crippen molar-refractivity contribution in [3.05, 3.63) is 45.3 Å². The number of rotatable bonds is 6. The minimum atomic E-state index is -1.08. The lowest BCUT2D eigenvalue weighted by atomic mass is 10.2. The molecule has 0 radical (unpaired) electrons. The standard InChI is InChI=1S/C15H13Cl2N3O3S.2ClH/c16-11-5-9(19-6-7-2-1-3-23-7)14-13(20-11)12(17)10(24-14)4-8(18)15(21)22;;/h1-3,5,8H,4,6,18H2,(H,19,20)(H,21,22);2*1H. The van der Waals surface area contributed by atoms with Gasteiger partial charge in [0.15, 0.2) is 0 Å². The van der Waals surface area contributed by atoms with Gasteiger partial charge >= 0.3 is 5.97 Å². The summed E-state index contributed by atoms with van der Waals surface area (Å²) in [6.45, 7) is 0.474. The van der Waals surface area contributed by atoms with Gasteiger partial charge in [-0.15, -0.1) is 36.2 Å². The summed E-state index contributed by atoms with van der Waals surface area (Å²) < 4.78 is 6.08. The molecule has 4 N–H and O–H groups in total. The van der Waals surface area contributed by atoms with Gasteiger partial charge in [0.2, 0.25) is 0 Å². The molecule has 0 spiro atoms. The zero-order valence-electron chi connectivity index (χ0n) is 13.1. The predicted molar refractivity (Wildman–Crippen MR) is 109 cm³/mol. The fourth-order valence-corrected chi connectivity index (χ4v) is 3.96. The van der Waals surface area contributed by atoms with Crippen molar-refractivity contribution in [2.45, 2.75) is 19.0 Å². The van der Waals surface area contributed by atoms with E-state index in [1.807, 2.05) is 6.07 Å². The van der Waals surface area contributed by atoms with E-state index in [0.29, 0.717) is 27.1 Å². The summed E-state index contributed by atoms with van der Waals surface area (Å²) in [6, 6.07) is 4.33. The maximum absolute atomic E-state index is 11.0. The number of anilines is 1. The molecule has 0 saturated carbocycles. The van der Waals surface area contributed by atoms with Gasteiger partial charge in [-0.05, 0) is 12.1 Å². The summed E-state index contributed by atoms with van der Waals surface area (Å²) in [6.07, 6.45) is 1.73. The molecule has 3 rings (SSSR count). The van der Waals surface area contributed by atoms with Gasteiger partial charge in [-0.1, -0.05) is 23.2 Å². The summed E-state index contributed by atoms with van der Waals surface area (Å²) in [5.41, 5.74) is 6.89. The molecule has 3 aromatic heterocycles. The number of nitrogens with one attached hydrogen (secondary N) is 1. The number of pyridine rings is 1. The lowest BCUT2D eigenvalue weighted by molar-refractivity contribution is -0.138. The van der Waals surface area contributed by atoms with Gasteiger partial charge in [0.25, 0.3) is 0 Å². The Morgan fingerprint density at radius 2 is 2.15 bits per heavy atom. The van der Waals surface area contributed by atoms with Crippen LogP contribution in [0.1, 0.15) is 10.6 Å². The molecular weight excluding hydrogens is 444 g/mol. The van der Waals surface area contributed by atoms with Crippen molar-refractivity contribution in [2.24, 2.45) is 5.73 Å². The van der Waals surface area contributed by atoms with E-state index in [-0.39, 0.29) is 31.2 Å². The fraction of sp³-hybridized carbons (Fsp3) is 0.200. The van der Waals surface area contributed by atoms with Gasteiger partial charge in [0.1, 0.15) is 22.5 Å². The van der Waals surface area contributed by atoms with Crippen molar-refractivity contribution in [3.63, 3.8) is 0 Å². The van der Waals surface area contributed by atoms with Crippen LogP contribution in [0.25, 0.3) is 10.2 Å². The molecule has 26 heavy (non-hydrogen) atoms. The van der Waals surface area contributed by atoms with Crippen LogP contribution >= 0.6 is 59.4 Å².